The number of piperidine rings is 1. The molecular formula is C15H23N3O2. The third kappa shape index (κ3) is 3.87. The largest absolute Gasteiger partial charge is 0.497 e. The molecule has 1 aliphatic rings. The molecule has 5 nitrogen and oxygen atoms in total. The Balaban J connectivity index is 1.97. The van der Waals surface area contributed by atoms with E-state index in [1.54, 1.807) is 7.11 Å². The first kappa shape index (κ1) is 14.7. The van der Waals surface area contributed by atoms with Crippen LogP contribution >= 0.6 is 0 Å². The summed E-state index contributed by atoms with van der Waals surface area (Å²) in [5.74, 6) is 0.904. The van der Waals surface area contributed by atoms with Gasteiger partial charge in [-0.1, -0.05) is 6.07 Å². The van der Waals surface area contributed by atoms with Crippen molar-refractivity contribution in [3.05, 3.63) is 24.3 Å². The van der Waals surface area contributed by atoms with Gasteiger partial charge in [0.15, 0.2) is 0 Å². The van der Waals surface area contributed by atoms with Crippen LogP contribution < -0.4 is 20.7 Å². The van der Waals surface area contributed by atoms with Crippen LogP contribution in [-0.2, 0) is 4.79 Å². The predicted octanol–water partition coefficient (Wildman–Crippen LogP) is 1.13. The molecule has 0 bridgehead atoms. The van der Waals surface area contributed by atoms with E-state index in [9.17, 15) is 4.79 Å². The molecule has 0 saturated carbocycles. The average molecular weight is 277 g/mol. The summed E-state index contributed by atoms with van der Waals surface area (Å²) in [5.41, 5.74) is 6.54. The van der Waals surface area contributed by atoms with Crippen LogP contribution in [0.25, 0.3) is 0 Å². The second-order valence-corrected chi connectivity index (χ2v) is 5.09. The molecule has 0 aliphatic carbocycles. The van der Waals surface area contributed by atoms with E-state index >= 15 is 0 Å². The van der Waals surface area contributed by atoms with Crippen LogP contribution in [0.1, 0.15) is 19.3 Å². The molecular weight excluding hydrogens is 254 g/mol. The third-order valence-electron chi connectivity index (χ3n) is 3.58. The van der Waals surface area contributed by atoms with Gasteiger partial charge in [-0.05, 0) is 25.0 Å². The van der Waals surface area contributed by atoms with Gasteiger partial charge in [0.25, 0.3) is 0 Å². The van der Waals surface area contributed by atoms with Crippen LogP contribution in [0.2, 0.25) is 0 Å². The summed E-state index contributed by atoms with van der Waals surface area (Å²) >= 11 is 0. The van der Waals surface area contributed by atoms with Crippen molar-refractivity contribution in [1.82, 2.24) is 5.32 Å². The van der Waals surface area contributed by atoms with E-state index < -0.39 is 0 Å². The zero-order valence-corrected chi connectivity index (χ0v) is 12.0. The maximum Gasteiger partial charge on any atom is 0.221 e. The van der Waals surface area contributed by atoms with Crippen molar-refractivity contribution in [2.75, 3.05) is 31.6 Å². The molecule has 1 atom stereocenters. The molecule has 1 amide bonds. The molecule has 5 heteroatoms. The molecule has 0 radical (unpaired) electrons. The second kappa shape index (κ2) is 7.14. The summed E-state index contributed by atoms with van der Waals surface area (Å²) in [6, 6.07) is 8.24. The molecule has 20 heavy (non-hydrogen) atoms. The zero-order valence-electron chi connectivity index (χ0n) is 12.0. The number of nitrogens with zero attached hydrogens (tertiary/aromatic N) is 1. The van der Waals surface area contributed by atoms with E-state index in [0.717, 1.165) is 37.4 Å². The molecule has 1 heterocycles. The van der Waals surface area contributed by atoms with E-state index in [-0.39, 0.29) is 11.9 Å². The molecule has 1 saturated heterocycles. The highest BCUT2D eigenvalue weighted by atomic mass is 16.5. The Morgan fingerprint density at radius 3 is 3.15 bits per heavy atom. The highest BCUT2D eigenvalue weighted by Gasteiger charge is 2.21. The molecule has 1 aromatic carbocycles. The first-order chi connectivity index (χ1) is 9.72. The van der Waals surface area contributed by atoms with E-state index in [4.69, 9.17) is 10.5 Å². The molecule has 110 valence electrons. The standard InChI is InChI=1S/C15H23N3O2/c1-20-14-6-2-5-13(10-14)18-9-3-4-12(11-18)17-15(19)7-8-16/h2,5-6,10,12H,3-4,7-9,11,16H2,1H3,(H,17,19). The number of methoxy groups -OCH3 is 1. The fourth-order valence-corrected chi connectivity index (χ4v) is 2.57. The fraction of sp³-hybridized carbons (Fsp3) is 0.533. The lowest BCUT2D eigenvalue weighted by Gasteiger charge is -2.35. The number of hydrogen-bond acceptors (Lipinski definition) is 4. The van der Waals surface area contributed by atoms with Gasteiger partial charge in [-0.3, -0.25) is 4.79 Å². The van der Waals surface area contributed by atoms with Crippen molar-refractivity contribution in [2.45, 2.75) is 25.3 Å². The topological polar surface area (TPSA) is 67.6 Å². The lowest BCUT2D eigenvalue weighted by molar-refractivity contribution is -0.121. The number of carbonyl (C=O) groups is 1. The highest BCUT2D eigenvalue weighted by molar-refractivity contribution is 5.76. The maximum atomic E-state index is 11.6. The molecule has 1 aromatic rings. The van der Waals surface area contributed by atoms with Gasteiger partial charge < -0.3 is 20.7 Å². The number of anilines is 1. The molecule has 3 N–H and O–H groups in total. The van der Waals surface area contributed by atoms with Gasteiger partial charge in [-0.25, -0.2) is 0 Å². The number of nitrogens with one attached hydrogen (secondary N) is 1. The summed E-state index contributed by atoms with van der Waals surface area (Å²) in [4.78, 5) is 13.9. The van der Waals surface area contributed by atoms with Gasteiger partial charge in [0.1, 0.15) is 5.75 Å². The Kier molecular flexibility index (Phi) is 5.24. The molecule has 1 unspecified atom stereocenters. The van der Waals surface area contributed by atoms with Crippen molar-refractivity contribution in [2.24, 2.45) is 5.73 Å². The van der Waals surface area contributed by atoms with E-state index in [0.29, 0.717) is 13.0 Å². The predicted molar refractivity (Wildman–Crippen MR) is 80.0 cm³/mol. The summed E-state index contributed by atoms with van der Waals surface area (Å²) in [7, 11) is 1.67. The Morgan fingerprint density at radius 2 is 2.40 bits per heavy atom. The number of hydrogen-bond donors (Lipinski definition) is 2. The maximum absolute atomic E-state index is 11.6. The minimum atomic E-state index is 0.0463. The zero-order chi connectivity index (χ0) is 14.4. The number of nitrogens with two attached hydrogens (primary N) is 1. The number of amides is 1. The van der Waals surface area contributed by atoms with Gasteiger partial charge >= 0.3 is 0 Å². The van der Waals surface area contributed by atoms with Crippen LogP contribution in [0.4, 0.5) is 5.69 Å². The monoisotopic (exact) mass is 277 g/mol. The molecule has 0 spiro atoms. The van der Waals surface area contributed by atoms with E-state index in [2.05, 4.69) is 16.3 Å². The summed E-state index contributed by atoms with van der Waals surface area (Å²) in [6.07, 6.45) is 2.50. The van der Waals surface area contributed by atoms with Gasteiger partial charge in [-0.15, -0.1) is 0 Å². The minimum Gasteiger partial charge on any atom is -0.497 e. The number of rotatable bonds is 5. The van der Waals surface area contributed by atoms with Gasteiger partial charge in [-0.2, -0.15) is 0 Å². The highest BCUT2D eigenvalue weighted by Crippen LogP contribution is 2.24. The summed E-state index contributed by atoms with van der Waals surface area (Å²) < 4.78 is 5.26. The molecule has 1 fully saturated rings. The van der Waals surface area contributed by atoms with E-state index in [1.807, 2.05) is 18.2 Å². The van der Waals surface area contributed by atoms with Crippen LogP contribution in [0.15, 0.2) is 24.3 Å². The van der Waals surface area contributed by atoms with Gasteiger partial charge in [0.2, 0.25) is 5.91 Å². The normalized spacial score (nSPS) is 18.7. The third-order valence-corrected chi connectivity index (χ3v) is 3.58. The number of ether oxygens (including phenoxy) is 1. The quantitative estimate of drug-likeness (QED) is 0.846. The van der Waals surface area contributed by atoms with Crippen molar-refractivity contribution in [3.63, 3.8) is 0 Å². The first-order valence-corrected chi connectivity index (χ1v) is 7.11. The van der Waals surface area contributed by atoms with Crippen molar-refractivity contribution in [1.29, 1.82) is 0 Å². The molecule has 2 rings (SSSR count). The average Bonchev–Trinajstić information content (AvgIpc) is 2.48. The van der Waals surface area contributed by atoms with Gasteiger partial charge in [0, 0.05) is 43.9 Å². The lowest BCUT2D eigenvalue weighted by atomic mass is 10.0. The Labute approximate surface area is 120 Å². The summed E-state index contributed by atoms with van der Waals surface area (Å²) in [5, 5.41) is 3.06. The second-order valence-electron chi connectivity index (χ2n) is 5.09. The van der Waals surface area contributed by atoms with Crippen LogP contribution in [-0.4, -0.2) is 38.7 Å². The molecule has 1 aliphatic heterocycles. The van der Waals surface area contributed by atoms with Crippen LogP contribution in [0.5, 0.6) is 5.75 Å². The van der Waals surface area contributed by atoms with Crippen LogP contribution in [0.3, 0.4) is 0 Å². The Bertz CT molecular complexity index is 450. The first-order valence-electron chi connectivity index (χ1n) is 7.11. The minimum absolute atomic E-state index is 0.0463. The van der Waals surface area contributed by atoms with E-state index in [1.165, 1.54) is 0 Å². The number of carbonyl (C=O) groups excluding carboxylic acids is 1. The van der Waals surface area contributed by atoms with Gasteiger partial charge in [0.05, 0.1) is 7.11 Å². The van der Waals surface area contributed by atoms with Crippen molar-refractivity contribution < 1.29 is 9.53 Å². The van der Waals surface area contributed by atoms with Crippen molar-refractivity contribution >= 4 is 11.6 Å². The smallest absolute Gasteiger partial charge is 0.221 e. The Hall–Kier alpha value is -1.75. The number of benzene rings is 1. The molecule has 0 aromatic heterocycles. The van der Waals surface area contributed by atoms with Crippen molar-refractivity contribution in [3.8, 4) is 5.75 Å². The fourth-order valence-electron chi connectivity index (χ4n) is 2.57. The SMILES string of the molecule is COc1cccc(N2CCCC(NC(=O)CCN)C2)c1. The Morgan fingerprint density at radius 1 is 1.55 bits per heavy atom. The lowest BCUT2D eigenvalue weighted by Crippen LogP contribution is -2.48. The van der Waals surface area contributed by atoms with Crippen LogP contribution in [0, 0.1) is 0 Å². The summed E-state index contributed by atoms with van der Waals surface area (Å²) in [6.45, 7) is 2.25.